The zero-order valence-corrected chi connectivity index (χ0v) is 7.46. The van der Waals surface area contributed by atoms with Crippen LogP contribution in [-0.4, -0.2) is 11.9 Å². The Kier molecular flexibility index (Phi) is 2.03. The molecule has 62 valence electrons. The van der Waals surface area contributed by atoms with Gasteiger partial charge in [-0.1, -0.05) is 26.8 Å². The van der Waals surface area contributed by atoms with Gasteiger partial charge in [0.15, 0.2) is 0 Å². The summed E-state index contributed by atoms with van der Waals surface area (Å²) in [4.78, 5) is 4.36. The van der Waals surface area contributed by atoms with Gasteiger partial charge < -0.3 is 5.73 Å². The smallest absolute Gasteiger partial charge is 0.118 e. The fourth-order valence-corrected chi connectivity index (χ4v) is 1.14. The lowest BCUT2D eigenvalue weighted by molar-refractivity contribution is 0.322. The molecule has 0 spiro atoms. The summed E-state index contributed by atoms with van der Waals surface area (Å²) >= 11 is 0. The molecule has 1 atom stereocenters. The van der Waals surface area contributed by atoms with Gasteiger partial charge in [0.25, 0.3) is 0 Å². The third-order valence-electron chi connectivity index (χ3n) is 1.95. The first-order chi connectivity index (χ1) is 5.00. The third-order valence-corrected chi connectivity index (χ3v) is 1.95. The zero-order valence-electron chi connectivity index (χ0n) is 7.46. The lowest BCUT2D eigenvalue weighted by Crippen LogP contribution is -2.28. The second kappa shape index (κ2) is 2.68. The van der Waals surface area contributed by atoms with E-state index in [0.717, 1.165) is 6.42 Å². The number of hydrogen-bond donors (Lipinski definition) is 1. The van der Waals surface area contributed by atoms with Crippen molar-refractivity contribution in [2.24, 2.45) is 16.1 Å². The number of dihydropyridines is 1. The van der Waals surface area contributed by atoms with Crippen LogP contribution in [0, 0.1) is 5.41 Å². The fourth-order valence-electron chi connectivity index (χ4n) is 1.14. The summed E-state index contributed by atoms with van der Waals surface area (Å²) in [5.41, 5.74) is 5.82. The summed E-state index contributed by atoms with van der Waals surface area (Å²) in [6.45, 7) is 6.56. The van der Waals surface area contributed by atoms with E-state index in [1.807, 2.05) is 6.08 Å². The van der Waals surface area contributed by atoms with E-state index in [0.29, 0.717) is 11.9 Å². The molecular weight excluding hydrogens is 136 g/mol. The van der Waals surface area contributed by atoms with Crippen LogP contribution in [0.25, 0.3) is 0 Å². The number of amidine groups is 1. The maximum Gasteiger partial charge on any atom is 0.118 e. The first-order valence-electron chi connectivity index (χ1n) is 4.00. The lowest BCUT2D eigenvalue weighted by atomic mass is 9.84. The van der Waals surface area contributed by atoms with E-state index < -0.39 is 0 Å². The number of nitrogens with zero attached hydrogens (tertiary/aromatic N) is 1. The summed E-state index contributed by atoms with van der Waals surface area (Å²) in [6, 6.07) is 0.354. The summed E-state index contributed by atoms with van der Waals surface area (Å²) in [5.74, 6) is 0.663. The molecule has 11 heavy (non-hydrogen) atoms. The van der Waals surface area contributed by atoms with Gasteiger partial charge in [-0.2, -0.15) is 0 Å². The van der Waals surface area contributed by atoms with E-state index in [1.165, 1.54) is 0 Å². The Morgan fingerprint density at radius 1 is 1.55 bits per heavy atom. The molecule has 0 amide bonds. The van der Waals surface area contributed by atoms with Crippen molar-refractivity contribution >= 4 is 5.84 Å². The lowest BCUT2D eigenvalue weighted by Gasteiger charge is -2.28. The standard InChI is InChI=1S/C9H16N2/c1-9(2,3)7-5-4-6-8(10)11-7/h4,6-7H,5H2,1-3H3,(H2,10,11)/t7-/m1/s1. The van der Waals surface area contributed by atoms with Crippen molar-refractivity contribution < 1.29 is 0 Å². The van der Waals surface area contributed by atoms with Gasteiger partial charge in [-0.3, -0.25) is 4.99 Å². The van der Waals surface area contributed by atoms with Crippen molar-refractivity contribution in [2.75, 3.05) is 0 Å². The predicted octanol–water partition coefficient (Wildman–Crippen LogP) is 1.72. The van der Waals surface area contributed by atoms with E-state index in [2.05, 4.69) is 31.8 Å². The van der Waals surface area contributed by atoms with Gasteiger partial charge in [-0.25, -0.2) is 0 Å². The molecule has 0 bridgehead atoms. The van der Waals surface area contributed by atoms with Crippen molar-refractivity contribution in [1.82, 2.24) is 0 Å². The Labute approximate surface area is 68.2 Å². The molecule has 0 aromatic rings. The van der Waals surface area contributed by atoms with Gasteiger partial charge in [-0.15, -0.1) is 0 Å². The van der Waals surface area contributed by atoms with Gasteiger partial charge in [0, 0.05) is 0 Å². The van der Waals surface area contributed by atoms with E-state index >= 15 is 0 Å². The molecular formula is C9H16N2. The molecule has 0 aromatic carbocycles. The topological polar surface area (TPSA) is 38.4 Å². The van der Waals surface area contributed by atoms with Gasteiger partial charge in [0.2, 0.25) is 0 Å². The van der Waals surface area contributed by atoms with Crippen LogP contribution in [0.4, 0.5) is 0 Å². The fraction of sp³-hybridized carbons (Fsp3) is 0.667. The molecule has 1 aliphatic heterocycles. The highest BCUT2D eigenvalue weighted by atomic mass is 14.9. The maximum atomic E-state index is 5.58. The first-order valence-corrected chi connectivity index (χ1v) is 4.00. The van der Waals surface area contributed by atoms with Crippen LogP contribution in [0.1, 0.15) is 27.2 Å². The second-order valence-electron chi connectivity index (χ2n) is 4.07. The molecule has 0 aliphatic carbocycles. The van der Waals surface area contributed by atoms with Gasteiger partial charge >= 0.3 is 0 Å². The quantitative estimate of drug-likeness (QED) is 0.564. The van der Waals surface area contributed by atoms with Crippen molar-refractivity contribution in [3.8, 4) is 0 Å². The Morgan fingerprint density at radius 2 is 2.18 bits per heavy atom. The molecule has 0 saturated carbocycles. The van der Waals surface area contributed by atoms with Crippen molar-refractivity contribution in [1.29, 1.82) is 0 Å². The van der Waals surface area contributed by atoms with Crippen LogP contribution < -0.4 is 5.73 Å². The maximum absolute atomic E-state index is 5.58. The summed E-state index contributed by atoms with van der Waals surface area (Å²) in [6.07, 6.45) is 4.99. The largest absolute Gasteiger partial charge is 0.384 e. The Bertz CT molecular complexity index is 196. The zero-order chi connectivity index (χ0) is 8.48. The van der Waals surface area contributed by atoms with Crippen molar-refractivity contribution in [2.45, 2.75) is 33.2 Å². The van der Waals surface area contributed by atoms with Crippen LogP contribution in [0.3, 0.4) is 0 Å². The Hall–Kier alpha value is -0.790. The van der Waals surface area contributed by atoms with Gasteiger partial charge in [0.05, 0.1) is 6.04 Å². The van der Waals surface area contributed by atoms with Crippen LogP contribution in [0.15, 0.2) is 17.1 Å². The molecule has 0 unspecified atom stereocenters. The van der Waals surface area contributed by atoms with Gasteiger partial charge in [0.1, 0.15) is 5.84 Å². The molecule has 0 fully saturated rings. The van der Waals surface area contributed by atoms with Crippen LogP contribution >= 0.6 is 0 Å². The predicted molar refractivity (Wildman–Crippen MR) is 48.6 cm³/mol. The molecule has 0 aromatic heterocycles. The summed E-state index contributed by atoms with van der Waals surface area (Å²) < 4.78 is 0. The summed E-state index contributed by atoms with van der Waals surface area (Å²) in [7, 11) is 0. The molecule has 0 radical (unpaired) electrons. The van der Waals surface area contributed by atoms with E-state index in [4.69, 9.17) is 5.73 Å². The second-order valence-corrected chi connectivity index (χ2v) is 4.07. The number of hydrogen-bond acceptors (Lipinski definition) is 2. The van der Waals surface area contributed by atoms with Gasteiger partial charge in [-0.05, 0) is 17.9 Å². The van der Waals surface area contributed by atoms with Crippen molar-refractivity contribution in [3.63, 3.8) is 0 Å². The SMILES string of the molecule is CC(C)(C)[C@H]1CC=CC(N)=N1. The summed E-state index contributed by atoms with van der Waals surface area (Å²) in [5, 5.41) is 0. The highest BCUT2D eigenvalue weighted by Gasteiger charge is 2.24. The average molecular weight is 152 g/mol. The van der Waals surface area contributed by atoms with Crippen LogP contribution in [0.5, 0.6) is 0 Å². The number of rotatable bonds is 0. The highest BCUT2D eigenvalue weighted by molar-refractivity contribution is 5.92. The highest BCUT2D eigenvalue weighted by Crippen LogP contribution is 2.26. The molecule has 2 heteroatoms. The molecule has 1 heterocycles. The van der Waals surface area contributed by atoms with E-state index in [-0.39, 0.29) is 5.41 Å². The molecule has 2 N–H and O–H groups in total. The molecule has 1 aliphatic rings. The number of aliphatic imine (C=N–C) groups is 1. The third kappa shape index (κ3) is 2.07. The normalized spacial score (nSPS) is 25.0. The first kappa shape index (κ1) is 8.31. The number of nitrogens with two attached hydrogens (primary N) is 1. The Morgan fingerprint density at radius 3 is 2.55 bits per heavy atom. The monoisotopic (exact) mass is 152 g/mol. The minimum absolute atomic E-state index is 0.232. The average Bonchev–Trinajstić information content (AvgIpc) is 1.86. The van der Waals surface area contributed by atoms with Crippen LogP contribution in [-0.2, 0) is 0 Å². The minimum Gasteiger partial charge on any atom is -0.384 e. The Balaban J connectivity index is 2.71. The molecule has 0 saturated heterocycles. The molecule has 1 rings (SSSR count). The van der Waals surface area contributed by atoms with Crippen molar-refractivity contribution in [3.05, 3.63) is 12.2 Å². The minimum atomic E-state index is 0.232. The van der Waals surface area contributed by atoms with E-state index in [9.17, 15) is 0 Å². The molecule has 2 nitrogen and oxygen atoms in total. The van der Waals surface area contributed by atoms with Crippen LogP contribution in [0.2, 0.25) is 0 Å². The van der Waals surface area contributed by atoms with E-state index in [1.54, 1.807) is 0 Å².